The van der Waals surface area contributed by atoms with E-state index < -0.39 is 10.0 Å². The maximum Gasteiger partial charge on any atom is 0.229 e. The molecule has 0 spiro atoms. The summed E-state index contributed by atoms with van der Waals surface area (Å²) in [4.78, 5) is 0. The first kappa shape index (κ1) is 9.98. The lowest BCUT2D eigenvalue weighted by molar-refractivity contribution is 0.607. The van der Waals surface area contributed by atoms with Gasteiger partial charge >= 0.3 is 0 Å². The molecule has 0 saturated heterocycles. The van der Waals surface area contributed by atoms with Crippen molar-refractivity contribution >= 4 is 26.5 Å². The molecule has 1 radical (unpaired) electrons. The van der Waals surface area contributed by atoms with Crippen LogP contribution in [0, 0.1) is 6.07 Å². The van der Waals surface area contributed by atoms with E-state index in [1.807, 2.05) is 18.2 Å². The number of hydrogen-bond acceptors (Lipinski definition) is 2. The van der Waals surface area contributed by atoms with Crippen LogP contribution in [0.3, 0.4) is 0 Å². The fourth-order valence-electron chi connectivity index (χ4n) is 1.40. The van der Waals surface area contributed by atoms with Gasteiger partial charge in [0.15, 0.2) is 0 Å². The first-order valence-electron chi connectivity index (χ1n) is 4.42. The third kappa shape index (κ3) is 2.47. The zero-order valence-corrected chi connectivity index (χ0v) is 9.01. The normalized spacial score (nSPS) is 11.5. The molecule has 0 heterocycles. The maximum atomic E-state index is 11.0. The molecule has 15 heavy (non-hydrogen) atoms. The molecule has 3 nitrogen and oxygen atoms in total. The van der Waals surface area contributed by atoms with E-state index in [2.05, 4.69) is 10.8 Å². The molecule has 0 amide bonds. The number of benzene rings is 2. The standard InChI is InChI=1S/C11H10NO2S/c1-15(13,14)12-11-7-6-9-4-2-3-5-10(9)8-11/h3-8,12H,1H3. The van der Waals surface area contributed by atoms with Gasteiger partial charge in [-0.25, -0.2) is 8.42 Å². The third-order valence-corrected chi connectivity index (χ3v) is 2.59. The van der Waals surface area contributed by atoms with Crippen molar-refractivity contribution in [1.29, 1.82) is 0 Å². The van der Waals surface area contributed by atoms with E-state index in [-0.39, 0.29) is 0 Å². The van der Waals surface area contributed by atoms with Gasteiger partial charge in [0.2, 0.25) is 10.0 Å². The van der Waals surface area contributed by atoms with Gasteiger partial charge in [0.25, 0.3) is 0 Å². The van der Waals surface area contributed by atoms with Gasteiger partial charge in [-0.1, -0.05) is 18.2 Å². The smallest absolute Gasteiger partial charge is 0.229 e. The monoisotopic (exact) mass is 220 g/mol. The van der Waals surface area contributed by atoms with Crippen molar-refractivity contribution < 1.29 is 8.42 Å². The molecule has 0 aromatic heterocycles. The van der Waals surface area contributed by atoms with Crippen LogP contribution in [0.15, 0.2) is 36.4 Å². The molecular formula is C11H10NO2S. The predicted octanol–water partition coefficient (Wildman–Crippen LogP) is 2.01. The lowest BCUT2D eigenvalue weighted by atomic mass is 10.1. The average molecular weight is 220 g/mol. The van der Waals surface area contributed by atoms with Crippen LogP contribution in [0.4, 0.5) is 5.69 Å². The minimum Gasteiger partial charge on any atom is -0.284 e. The Morgan fingerprint density at radius 2 is 2.00 bits per heavy atom. The van der Waals surface area contributed by atoms with Crippen molar-refractivity contribution in [2.24, 2.45) is 0 Å². The summed E-state index contributed by atoms with van der Waals surface area (Å²) in [5, 5.41) is 2.03. The summed E-state index contributed by atoms with van der Waals surface area (Å²) in [5.74, 6) is 0. The third-order valence-electron chi connectivity index (χ3n) is 1.99. The second kappa shape index (κ2) is 3.55. The van der Waals surface area contributed by atoms with Gasteiger partial charge in [0.05, 0.1) is 6.26 Å². The summed E-state index contributed by atoms with van der Waals surface area (Å²) in [6.07, 6.45) is 1.13. The maximum absolute atomic E-state index is 11.0. The van der Waals surface area contributed by atoms with E-state index in [4.69, 9.17) is 0 Å². The van der Waals surface area contributed by atoms with Crippen LogP contribution >= 0.6 is 0 Å². The van der Waals surface area contributed by atoms with Crippen LogP contribution in [0.5, 0.6) is 0 Å². The lowest BCUT2D eigenvalue weighted by Crippen LogP contribution is -2.09. The highest BCUT2D eigenvalue weighted by atomic mass is 32.2. The van der Waals surface area contributed by atoms with Crippen LogP contribution in [0.2, 0.25) is 0 Å². The Morgan fingerprint density at radius 1 is 1.20 bits per heavy atom. The second-order valence-corrected chi connectivity index (χ2v) is 5.11. The average Bonchev–Trinajstić information content (AvgIpc) is 2.15. The number of nitrogens with one attached hydrogen (secondary N) is 1. The Morgan fingerprint density at radius 3 is 2.73 bits per heavy atom. The van der Waals surface area contributed by atoms with E-state index in [1.165, 1.54) is 0 Å². The minimum atomic E-state index is -3.20. The van der Waals surface area contributed by atoms with Crippen LogP contribution in [0.1, 0.15) is 0 Å². The van der Waals surface area contributed by atoms with E-state index >= 15 is 0 Å². The molecule has 0 aliphatic rings. The van der Waals surface area contributed by atoms with Crippen LogP contribution in [-0.4, -0.2) is 14.7 Å². The van der Waals surface area contributed by atoms with Crippen molar-refractivity contribution in [3.8, 4) is 0 Å². The largest absolute Gasteiger partial charge is 0.284 e. The lowest BCUT2D eigenvalue weighted by Gasteiger charge is -2.04. The molecule has 0 aliphatic heterocycles. The Bertz CT molecular complexity index is 590. The minimum absolute atomic E-state index is 0.580. The molecule has 77 valence electrons. The van der Waals surface area contributed by atoms with Crippen LogP contribution in [-0.2, 0) is 10.0 Å². The molecule has 0 bridgehead atoms. The van der Waals surface area contributed by atoms with Crippen LogP contribution < -0.4 is 4.72 Å². The van der Waals surface area contributed by atoms with E-state index in [9.17, 15) is 8.42 Å². The van der Waals surface area contributed by atoms with Gasteiger partial charge in [0, 0.05) is 5.69 Å². The van der Waals surface area contributed by atoms with Gasteiger partial charge in [-0.2, -0.15) is 0 Å². The summed E-state index contributed by atoms with van der Waals surface area (Å²) in [6, 6.07) is 13.9. The predicted molar refractivity (Wildman–Crippen MR) is 61.3 cm³/mol. The summed E-state index contributed by atoms with van der Waals surface area (Å²) < 4.78 is 24.5. The van der Waals surface area contributed by atoms with E-state index in [1.54, 1.807) is 18.2 Å². The Hall–Kier alpha value is -1.55. The highest BCUT2D eigenvalue weighted by Crippen LogP contribution is 2.18. The molecular weight excluding hydrogens is 210 g/mol. The quantitative estimate of drug-likeness (QED) is 0.841. The number of anilines is 1. The first-order valence-corrected chi connectivity index (χ1v) is 6.31. The second-order valence-electron chi connectivity index (χ2n) is 3.36. The Kier molecular flexibility index (Phi) is 2.36. The number of sulfonamides is 1. The molecule has 0 saturated carbocycles. The van der Waals surface area contributed by atoms with Crippen molar-refractivity contribution in [2.75, 3.05) is 11.0 Å². The summed E-state index contributed by atoms with van der Waals surface area (Å²) in [5.41, 5.74) is 0.580. The van der Waals surface area contributed by atoms with Gasteiger partial charge in [-0.15, -0.1) is 0 Å². The highest BCUT2D eigenvalue weighted by Gasteiger charge is 2.01. The summed E-state index contributed by atoms with van der Waals surface area (Å²) >= 11 is 0. The molecule has 4 heteroatoms. The van der Waals surface area contributed by atoms with Crippen molar-refractivity contribution in [3.05, 3.63) is 42.5 Å². The summed E-state index contributed by atoms with van der Waals surface area (Å²) in [7, 11) is -3.20. The topological polar surface area (TPSA) is 46.2 Å². The van der Waals surface area contributed by atoms with Crippen LogP contribution in [0.25, 0.3) is 10.8 Å². The van der Waals surface area contributed by atoms with Gasteiger partial charge in [-0.05, 0) is 35.0 Å². The molecule has 1 N–H and O–H groups in total. The van der Waals surface area contributed by atoms with E-state index in [0.29, 0.717) is 5.69 Å². The zero-order valence-electron chi connectivity index (χ0n) is 8.19. The number of fused-ring (bicyclic) bond motifs is 1. The van der Waals surface area contributed by atoms with E-state index in [0.717, 1.165) is 17.0 Å². The van der Waals surface area contributed by atoms with Gasteiger partial charge in [0.1, 0.15) is 0 Å². The van der Waals surface area contributed by atoms with Crippen molar-refractivity contribution in [3.63, 3.8) is 0 Å². The van der Waals surface area contributed by atoms with Gasteiger partial charge in [-0.3, -0.25) is 4.72 Å². The molecule has 2 aromatic carbocycles. The Labute approximate surface area is 88.8 Å². The molecule has 0 fully saturated rings. The molecule has 0 unspecified atom stereocenters. The fraction of sp³-hybridized carbons (Fsp3) is 0.0909. The zero-order chi connectivity index (χ0) is 10.9. The molecule has 2 aromatic rings. The fourth-order valence-corrected chi connectivity index (χ4v) is 1.96. The van der Waals surface area contributed by atoms with Crippen molar-refractivity contribution in [2.45, 2.75) is 0 Å². The SMILES string of the molecule is CS(=O)(=O)Nc1ccc2c[c]ccc2c1. The highest BCUT2D eigenvalue weighted by molar-refractivity contribution is 7.92. The summed E-state index contributed by atoms with van der Waals surface area (Å²) in [6.45, 7) is 0. The Balaban J connectivity index is 2.48. The molecule has 0 atom stereocenters. The van der Waals surface area contributed by atoms with Crippen molar-refractivity contribution in [1.82, 2.24) is 0 Å². The number of rotatable bonds is 2. The molecule has 0 aliphatic carbocycles. The molecule has 2 rings (SSSR count). The first-order chi connectivity index (χ1) is 7.04. The van der Waals surface area contributed by atoms with Gasteiger partial charge < -0.3 is 0 Å². The number of hydrogen-bond donors (Lipinski definition) is 1.